The van der Waals surface area contributed by atoms with Crippen molar-refractivity contribution in [2.75, 3.05) is 4.72 Å². The molecule has 0 atom stereocenters. The van der Waals surface area contributed by atoms with Crippen molar-refractivity contribution in [3.63, 3.8) is 0 Å². The summed E-state index contributed by atoms with van der Waals surface area (Å²) < 4.78 is 26.5. The summed E-state index contributed by atoms with van der Waals surface area (Å²) in [6.07, 6.45) is 2.92. The average molecular weight is 284 g/mol. The molecule has 6 nitrogen and oxygen atoms in total. The highest BCUT2D eigenvalue weighted by atomic mass is 32.2. The Morgan fingerprint density at radius 2 is 2.11 bits per heavy atom. The summed E-state index contributed by atoms with van der Waals surface area (Å²) in [5.74, 6) is 0.423. The normalized spacial score (nSPS) is 11.7. The maximum absolute atomic E-state index is 12.0. The Labute approximate surface area is 109 Å². The van der Waals surface area contributed by atoms with Crippen LogP contribution in [0.5, 0.6) is 0 Å². The summed E-state index contributed by atoms with van der Waals surface area (Å²) in [7, 11) is -3.67. The fourth-order valence-electron chi connectivity index (χ4n) is 1.36. The molecule has 2 heterocycles. The Bertz CT molecular complexity index is 623. The predicted octanol–water partition coefficient (Wildman–Crippen LogP) is 1.86. The van der Waals surface area contributed by atoms with Gasteiger partial charge < -0.3 is 0 Å². The number of hydrogen-bond acceptors (Lipinski definition) is 6. The molecule has 0 fully saturated rings. The number of nitrogens with one attached hydrogen (secondary N) is 1. The number of anilines is 1. The van der Waals surface area contributed by atoms with Crippen LogP contribution < -0.4 is 4.72 Å². The van der Waals surface area contributed by atoms with Gasteiger partial charge in [0.05, 0.1) is 5.51 Å². The quantitative estimate of drug-likeness (QED) is 0.926. The molecule has 0 amide bonds. The molecule has 0 aromatic carbocycles. The van der Waals surface area contributed by atoms with Crippen molar-refractivity contribution in [1.82, 2.24) is 15.0 Å². The van der Waals surface area contributed by atoms with Crippen LogP contribution in [0.15, 0.2) is 28.4 Å². The number of nitrogens with zero attached hydrogens (tertiary/aromatic N) is 3. The number of aromatic nitrogens is 3. The molecule has 0 unspecified atom stereocenters. The van der Waals surface area contributed by atoms with E-state index < -0.39 is 10.0 Å². The minimum absolute atomic E-state index is 0.000758. The fraction of sp³-hybridized carbons (Fsp3) is 0.300. The van der Waals surface area contributed by atoms with Gasteiger partial charge in [0.2, 0.25) is 0 Å². The Balaban J connectivity index is 2.36. The molecule has 0 radical (unpaired) electrons. The molecule has 0 spiro atoms. The summed E-state index contributed by atoms with van der Waals surface area (Å²) in [6, 6.07) is 0. The van der Waals surface area contributed by atoms with Gasteiger partial charge in [0.25, 0.3) is 10.0 Å². The minimum atomic E-state index is -3.67. The van der Waals surface area contributed by atoms with Gasteiger partial charge in [-0.25, -0.2) is 15.0 Å². The second kappa shape index (κ2) is 4.99. The third kappa shape index (κ3) is 2.65. The zero-order valence-corrected chi connectivity index (χ0v) is 11.5. The van der Waals surface area contributed by atoms with E-state index in [0.29, 0.717) is 5.82 Å². The Kier molecular flexibility index (Phi) is 3.58. The standard InChI is InChI=1S/C10H12N4O2S2/c1-7(2)8-3-11-5-12-10(8)14-18(15,16)9-4-17-6-13-9/h3-7H,1-2H3,(H,11,12,14). The summed E-state index contributed by atoms with van der Waals surface area (Å²) >= 11 is 1.22. The van der Waals surface area contributed by atoms with Gasteiger partial charge in [-0.3, -0.25) is 4.72 Å². The van der Waals surface area contributed by atoms with E-state index in [0.717, 1.165) is 5.56 Å². The molecule has 2 rings (SSSR count). The van der Waals surface area contributed by atoms with E-state index in [1.165, 1.54) is 28.6 Å². The van der Waals surface area contributed by atoms with Crippen molar-refractivity contribution in [3.8, 4) is 0 Å². The lowest BCUT2D eigenvalue weighted by molar-refractivity contribution is 0.598. The molecular weight excluding hydrogens is 272 g/mol. The number of rotatable bonds is 4. The smallest absolute Gasteiger partial charge is 0.262 e. The highest BCUT2D eigenvalue weighted by Crippen LogP contribution is 2.23. The first kappa shape index (κ1) is 12.9. The van der Waals surface area contributed by atoms with E-state index in [1.54, 1.807) is 6.20 Å². The molecule has 0 bridgehead atoms. The molecule has 0 saturated heterocycles. The van der Waals surface area contributed by atoms with E-state index in [-0.39, 0.29) is 10.9 Å². The highest BCUT2D eigenvalue weighted by Gasteiger charge is 2.19. The molecule has 0 saturated carbocycles. The van der Waals surface area contributed by atoms with Crippen LogP contribution in [0.4, 0.5) is 5.82 Å². The van der Waals surface area contributed by atoms with E-state index in [1.807, 2.05) is 13.8 Å². The molecule has 2 aromatic heterocycles. The maximum Gasteiger partial charge on any atom is 0.281 e. The minimum Gasteiger partial charge on any atom is -0.262 e. The second-order valence-corrected chi connectivity index (χ2v) is 6.26. The van der Waals surface area contributed by atoms with Gasteiger partial charge in [-0.05, 0) is 5.92 Å². The maximum atomic E-state index is 12.0. The third-order valence-electron chi connectivity index (χ3n) is 2.28. The number of sulfonamides is 1. The van der Waals surface area contributed by atoms with Gasteiger partial charge in [-0.2, -0.15) is 8.42 Å². The van der Waals surface area contributed by atoms with E-state index in [4.69, 9.17) is 0 Å². The first-order valence-corrected chi connectivity index (χ1v) is 7.64. The van der Waals surface area contributed by atoms with Crippen molar-refractivity contribution in [2.45, 2.75) is 24.8 Å². The summed E-state index contributed by atoms with van der Waals surface area (Å²) in [4.78, 5) is 11.7. The number of hydrogen-bond donors (Lipinski definition) is 1. The van der Waals surface area contributed by atoms with E-state index in [2.05, 4.69) is 19.7 Å². The molecule has 96 valence electrons. The molecule has 2 aromatic rings. The van der Waals surface area contributed by atoms with Crippen LogP contribution in [0.3, 0.4) is 0 Å². The lowest BCUT2D eigenvalue weighted by Crippen LogP contribution is -2.16. The van der Waals surface area contributed by atoms with Crippen LogP contribution in [0, 0.1) is 0 Å². The molecule has 1 N–H and O–H groups in total. The Hall–Kier alpha value is -1.54. The van der Waals surface area contributed by atoms with Crippen LogP contribution in [-0.4, -0.2) is 23.4 Å². The second-order valence-electron chi connectivity index (χ2n) is 3.91. The van der Waals surface area contributed by atoms with Crippen molar-refractivity contribution in [2.24, 2.45) is 0 Å². The van der Waals surface area contributed by atoms with Gasteiger partial charge in [-0.1, -0.05) is 13.8 Å². The topological polar surface area (TPSA) is 84.8 Å². The lowest BCUT2D eigenvalue weighted by Gasteiger charge is -2.11. The third-order valence-corrected chi connectivity index (χ3v) is 4.25. The molecule has 0 aliphatic heterocycles. The molecule has 18 heavy (non-hydrogen) atoms. The summed E-state index contributed by atoms with van der Waals surface area (Å²) in [6.45, 7) is 3.89. The van der Waals surface area contributed by atoms with Gasteiger partial charge in [0, 0.05) is 17.1 Å². The fourth-order valence-corrected chi connectivity index (χ4v) is 3.24. The molecule has 0 aliphatic rings. The summed E-state index contributed by atoms with van der Waals surface area (Å²) in [5, 5.41) is 1.47. The highest BCUT2D eigenvalue weighted by molar-refractivity contribution is 7.92. The van der Waals surface area contributed by atoms with E-state index >= 15 is 0 Å². The Morgan fingerprint density at radius 3 is 2.72 bits per heavy atom. The van der Waals surface area contributed by atoms with Gasteiger partial charge >= 0.3 is 0 Å². The van der Waals surface area contributed by atoms with Gasteiger partial charge in [-0.15, -0.1) is 11.3 Å². The average Bonchev–Trinajstić information content (AvgIpc) is 2.83. The van der Waals surface area contributed by atoms with Crippen LogP contribution in [0.2, 0.25) is 0 Å². The largest absolute Gasteiger partial charge is 0.281 e. The van der Waals surface area contributed by atoms with Crippen LogP contribution in [-0.2, 0) is 10.0 Å². The van der Waals surface area contributed by atoms with Crippen molar-refractivity contribution in [3.05, 3.63) is 29.0 Å². The van der Waals surface area contributed by atoms with Crippen LogP contribution in [0.25, 0.3) is 0 Å². The zero-order chi connectivity index (χ0) is 13.2. The monoisotopic (exact) mass is 284 g/mol. The first-order valence-electron chi connectivity index (χ1n) is 5.21. The zero-order valence-electron chi connectivity index (χ0n) is 9.86. The Morgan fingerprint density at radius 1 is 1.33 bits per heavy atom. The van der Waals surface area contributed by atoms with Crippen LogP contribution >= 0.6 is 11.3 Å². The molecule has 0 aliphatic carbocycles. The number of thiazole rings is 1. The van der Waals surface area contributed by atoms with E-state index in [9.17, 15) is 8.42 Å². The summed E-state index contributed by atoms with van der Waals surface area (Å²) in [5.41, 5.74) is 2.22. The van der Waals surface area contributed by atoms with Crippen molar-refractivity contribution < 1.29 is 8.42 Å². The predicted molar refractivity (Wildman–Crippen MR) is 69.0 cm³/mol. The van der Waals surface area contributed by atoms with Gasteiger partial charge in [0.15, 0.2) is 5.03 Å². The SMILES string of the molecule is CC(C)c1cncnc1NS(=O)(=O)c1cscn1. The van der Waals surface area contributed by atoms with Crippen LogP contribution in [0.1, 0.15) is 25.3 Å². The molecule has 8 heteroatoms. The van der Waals surface area contributed by atoms with Crippen molar-refractivity contribution in [1.29, 1.82) is 0 Å². The van der Waals surface area contributed by atoms with Gasteiger partial charge in [0.1, 0.15) is 12.1 Å². The first-order chi connectivity index (χ1) is 8.50. The van der Waals surface area contributed by atoms with Crippen molar-refractivity contribution >= 4 is 27.2 Å². The molecular formula is C10H12N4O2S2. The lowest BCUT2D eigenvalue weighted by atomic mass is 10.1.